The van der Waals surface area contributed by atoms with E-state index in [1.165, 1.54) is 4.90 Å². The van der Waals surface area contributed by atoms with Crippen LogP contribution in [0.2, 0.25) is 0 Å². The number of likely N-dealkylation sites (N-methyl/N-ethyl adjacent to an activating group) is 1. The van der Waals surface area contributed by atoms with Crippen molar-refractivity contribution in [3.63, 3.8) is 0 Å². The van der Waals surface area contributed by atoms with Crippen LogP contribution in [0.5, 0.6) is 5.75 Å². The van der Waals surface area contributed by atoms with Gasteiger partial charge in [0.25, 0.3) is 5.91 Å². The molecule has 228 valence electrons. The lowest BCUT2D eigenvalue weighted by Gasteiger charge is -2.27. The van der Waals surface area contributed by atoms with Crippen LogP contribution in [-0.4, -0.2) is 49.1 Å². The number of anilines is 2. The minimum Gasteiger partial charge on any atom is -0.483 e. The molecule has 0 heterocycles. The number of carboxylic acid groups (broad SMARTS) is 1. The number of hydrogen-bond donors (Lipinski definition) is 4. The Hall–Kier alpha value is -4.86. The molecule has 10 nitrogen and oxygen atoms in total. The fourth-order valence-electron chi connectivity index (χ4n) is 4.35. The van der Waals surface area contributed by atoms with Crippen LogP contribution in [0.15, 0.2) is 78.9 Å². The Morgan fingerprint density at radius 3 is 2.30 bits per heavy atom. The van der Waals surface area contributed by atoms with E-state index in [0.717, 1.165) is 11.3 Å². The van der Waals surface area contributed by atoms with Crippen molar-refractivity contribution in [1.82, 2.24) is 10.6 Å². The minimum absolute atomic E-state index is 0.168. The van der Waals surface area contributed by atoms with E-state index >= 15 is 0 Å². The number of urea groups is 1. The van der Waals surface area contributed by atoms with Gasteiger partial charge in [-0.2, -0.15) is 0 Å². The average Bonchev–Trinajstić information content (AvgIpc) is 2.98. The average molecular weight is 589 g/mol. The highest BCUT2D eigenvalue weighted by atomic mass is 16.5. The Labute approximate surface area is 252 Å². The van der Waals surface area contributed by atoms with Gasteiger partial charge in [-0.05, 0) is 54.2 Å². The number of carbonyl (C=O) groups excluding carboxylic acids is 3. The Morgan fingerprint density at radius 1 is 0.907 bits per heavy atom. The van der Waals surface area contributed by atoms with Crippen molar-refractivity contribution in [2.24, 2.45) is 11.8 Å². The third kappa shape index (κ3) is 10.5. The molecule has 43 heavy (non-hydrogen) atoms. The van der Waals surface area contributed by atoms with E-state index < -0.39 is 23.9 Å². The van der Waals surface area contributed by atoms with Gasteiger partial charge < -0.3 is 30.7 Å². The molecule has 0 radical (unpaired) electrons. The van der Waals surface area contributed by atoms with E-state index in [0.29, 0.717) is 29.3 Å². The van der Waals surface area contributed by atoms with E-state index in [9.17, 15) is 19.2 Å². The highest BCUT2D eigenvalue weighted by molar-refractivity contribution is 5.94. The predicted molar refractivity (Wildman–Crippen MR) is 166 cm³/mol. The fourth-order valence-corrected chi connectivity index (χ4v) is 4.35. The number of carbonyl (C=O) groups is 4. The molecule has 2 atom stereocenters. The van der Waals surface area contributed by atoms with Gasteiger partial charge in [0.15, 0.2) is 6.61 Å². The van der Waals surface area contributed by atoms with Gasteiger partial charge in [0.2, 0.25) is 5.91 Å². The maximum absolute atomic E-state index is 13.0. The van der Waals surface area contributed by atoms with Crippen LogP contribution in [0.4, 0.5) is 16.2 Å². The zero-order chi connectivity index (χ0) is 31.4. The molecule has 0 fully saturated rings. The van der Waals surface area contributed by atoms with Crippen LogP contribution in [0.3, 0.4) is 0 Å². The highest BCUT2D eigenvalue weighted by Gasteiger charge is 2.23. The van der Waals surface area contributed by atoms with Gasteiger partial charge in [0.1, 0.15) is 5.75 Å². The van der Waals surface area contributed by atoms with E-state index in [2.05, 4.69) is 36.7 Å². The van der Waals surface area contributed by atoms with Crippen LogP contribution in [0.1, 0.15) is 44.4 Å². The second kappa shape index (κ2) is 16.0. The van der Waals surface area contributed by atoms with Crippen LogP contribution in [-0.2, 0) is 20.8 Å². The first kappa shape index (κ1) is 32.7. The first-order chi connectivity index (χ1) is 20.5. The van der Waals surface area contributed by atoms with Crippen molar-refractivity contribution in [2.75, 3.05) is 30.4 Å². The summed E-state index contributed by atoms with van der Waals surface area (Å²) in [7, 11) is 1.69. The quantitative estimate of drug-likeness (QED) is 0.209. The van der Waals surface area contributed by atoms with E-state index in [4.69, 9.17) is 9.84 Å². The van der Waals surface area contributed by atoms with Crippen molar-refractivity contribution < 1.29 is 29.0 Å². The molecule has 3 aromatic carbocycles. The first-order valence-corrected chi connectivity index (χ1v) is 14.2. The van der Waals surface area contributed by atoms with Crippen LogP contribution < -0.4 is 25.6 Å². The Bertz CT molecular complexity index is 1390. The van der Waals surface area contributed by atoms with Crippen LogP contribution in [0.25, 0.3) is 0 Å². The largest absolute Gasteiger partial charge is 0.483 e. The third-order valence-electron chi connectivity index (χ3n) is 7.19. The van der Waals surface area contributed by atoms with Crippen LogP contribution >= 0.6 is 0 Å². The van der Waals surface area contributed by atoms with E-state index in [1.807, 2.05) is 48.5 Å². The number of ether oxygens (including phenoxy) is 1. The van der Waals surface area contributed by atoms with Crippen molar-refractivity contribution in [2.45, 2.75) is 39.7 Å². The van der Waals surface area contributed by atoms with Crippen molar-refractivity contribution in [3.8, 4) is 5.75 Å². The summed E-state index contributed by atoms with van der Waals surface area (Å²) in [5.41, 5.74) is 2.45. The standard InChI is InChI=1S/C33H40N4O6/c1-22(2)23(3)17-28(36-30(38)20-34-33(42)35-25-12-10-11-24(18-25)19-32(40)41)27-15-8-9-16-29(27)43-21-31(39)37(4)26-13-6-5-7-14-26/h5-16,18,22-23,28H,17,19-21H2,1-4H3,(H,36,38)(H,40,41)(H2,34,35,42). The van der Waals surface area contributed by atoms with Crippen molar-refractivity contribution >= 4 is 35.2 Å². The molecule has 10 heteroatoms. The molecule has 4 N–H and O–H groups in total. The molecule has 0 aromatic heterocycles. The van der Waals surface area contributed by atoms with Gasteiger partial charge >= 0.3 is 12.0 Å². The summed E-state index contributed by atoms with van der Waals surface area (Å²) in [6.45, 7) is 5.87. The topological polar surface area (TPSA) is 137 Å². The second-order valence-electron chi connectivity index (χ2n) is 10.8. The molecule has 3 aromatic rings. The molecule has 0 aliphatic heterocycles. The van der Waals surface area contributed by atoms with Crippen molar-refractivity contribution in [1.29, 1.82) is 0 Å². The maximum Gasteiger partial charge on any atom is 0.319 e. The summed E-state index contributed by atoms with van der Waals surface area (Å²) in [5, 5.41) is 17.2. The van der Waals surface area contributed by atoms with Gasteiger partial charge in [0.05, 0.1) is 19.0 Å². The summed E-state index contributed by atoms with van der Waals surface area (Å²) in [5.74, 6) is -0.498. The monoisotopic (exact) mass is 588 g/mol. The number of rotatable bonds is 14. The Kier molecular flexibility index (Phi) is 12.1. The molecule has 0 bridgehead atoms. The van der Waals surface area contributed by atoms with E-state index in [1.54, 1.807) is 37.4 Å². The normalized spacial score (nSPS) is 12.1. The lowest BCUT2D eigenvalue weighted by atomic mass is 9.88. The number of carboxylic acids is 1. The number of benzene rings is 3. The molecule has 2 unspecified atom stereocenters. The zero-order valence-corrected chi connectivity index (χ0v) is 25.0. The summed E-state index contributed by atoms with van der Waals surface area (Å²) in [6, 6.07) is 22.1. The van der Waals surface area contributed by atoms with E-state index in [-0.39, 0.29) is 31.4 Å². The Balaban J connectivity index is 1.66. The smallest absolute Gasteiger partial charge is 0.319 e. The second-order valence-corrected chi connectivity index (χ2v) is 10.8. The molecule has 3 rings (SSSR count). The van der Waals surface area contributed by atoms with Crippen molar-refractivity contribution in [3.05, 3.63) is 90.0 Å². The molecule has 0 spiro atoms. The first-order valence-electron chi connectivity index (χ1n) is 14.2. The molecular weight excluding hydrogens is 548 g/mol. The fraction of sp³-hybridized carbons (Fsp3) is 0.333. The summed E-state index contributed by atoms with van der Waals surface area (Å²) in [6.07, 6.45) is 0.447. The Morgan fingerprint density at radius 2 is 1.60 bits per heavy atom. The van der Waals surface area contributed by atoms with Gasteiger partial charge in [-0.1, -0.05) is 69.3 Å². The molecule has 0 saturated heterocycles. The maximum atomic E-state index is 13.0. The van der Waals surface area contributed by atoms with Gasteiger partial charge in [-0.15, -0.1) is 0 Å². The van der Waals surface area contributed by atoms with Gasteiger partial charge in [-0.3, -0.25) is 14.4 Å². The number of hydrogen-bond acceptors (Lipinski definition) is 5. The molecule has 0 saturated carbocycles. The number of amides is 4. The van der Waals surface area contributed by atoms with Gasteiger partial charge in [-0.25, -0.2) is 4.79 Å². The predicted octanol–water partition coefficient (Wildman–Crippen LogP) is 5.02. The lowest BCUT2D eigenvalue weighted by molar-refractivity contribution is -0.136. The summed E-state index contributed by atoms with van der Waals surface area (Å²) in [4.78, 5) is 50.8. The summed E-state index contributed by atoms with van der Waals surface area (Å²) < 4.78 is 5.99. The molecule has 4 amide bonds. The molecule has 0 aliphatic rings. The highest BCUT2D eigenvalue weighted by Crippen LogP contribution is 2.32. The molecular formula is C33H40N4O6. The molecule has 0 aliphatic carbocycles. The van der Waals surface area contributed by atoms with Crippen LogP contribution in [0, 0.1) is 11.8 Å². The SMILES string of the molecule is CC(C)C(C)CC(NC(=O)CNC(=O)Nc1cccc(CC(=O)O)c1)c1ccccc1OCC(=O)N(C)c1ccccc1. The number of nitrogens with one attached hydrogen (secondary N) is 3. The number of para-hydroxylation sites is 2. The number of nitrogens with zero attached hydrogens (tertiary/aromatic N) is 1. The lowest BCUT2D eigenvalue weighted by Crippen LogP contribution is -2.41. The summed E-state index contributed by atoms with van der Waals surface area (Å²) >= 11 is 0. The third-order valence-corrected chi connectivity index (χ3v) is 7.19. The minimum atomic E-state index is -0.974. The zero-order valence-electron chi connectivity index (χ0n) is 25.0. The number of aliphatic carboxylic acids is 1. The van der Waals surface area contributed by atoms with Gasteiger partial charge in [0, 0.05) is 24.0 Å².